The van der Waals surface area contributed by atoms with E-state index < -0.39 is 0 Å². The third kappa shape index (κ3) is 3.59. The van der Waals surface area contributed by atoms with Crippen LogP contribution in [-0.4, -0.2) is 26.3 Å². The number of rotatable bonds is 4. The minimum Gasteiger partial charge on any atom is -0.489 e. The van der Waals surface area contributed by atoms with Crippen molar-refractivity contribution < 1.29 is 23.7 Å². The van der Waals surface area contributed by atoms with Crippen molar-refractivity contribution in [2.24, 2.45) is 0 Å². The molecule has 23 heavy (non-hydrogen) atoms. The molecule has 1 aliphatic rings. The minimum atomic E-state index is -0.369. The summed E-state index contributed by atoms with van der Waals surface area (Å²) in [4.78, 5) is 11.4. The SMILES string of the molecule is COC(=O)c1ccc(OCc2cc3c(cc2Br)OCCO3)cc1. The first-order chi connectivity index (χ1) is 11.2. The third-order valence-corrected chi connectivity index (χ3v) is 4.12. The summed E-state index contributed by atoms with van der Waals surface area (Å²) >= 11 is 3.51. The first kappa shape index (κ1) is 15.7. The fourth-order valence-corrected chi connectivity index (χ4v) is 2.62. The molecule has 0 aliphatic carbocycles. The Morgan fingerprint density at radius 1 is 1.13 bits per heavy atom. The zero-order valence-electron chi connectivity index (χ0n) is 12.5. The molecule has 0 amide bonds. The Morgan fingerprint density at radius 3 is 2.43 bits per heavy atom. The summed E-state index contributed by atoms with van der Waals surface area (Å²) in [7, 11) is 1.35. The van der Waals surface area contributed by atoms with Gasteiger partial charge in [-0.15, -0.1) is 0 Å². The molecule has 5 nitrogen and oxygen atoms in total. The monoisotopic (exact) mass is 378 g/mol. The molecule has 0 aromatic heterocycles. The second-order valence-electron chi connectivity index (χ2n) is 4.89. The van der Waals surface area contributed by atoms with Crippen LogP contribution in [0.4, 0.5) is 0 Å². The predicted octanol–water partition coefficient (Wildman–Crippen LogP) is 3.59. The Bertz CT molecular complexity index is 712. The molecule has 0 saturated heterocycles. The Labute approximate surface area is 142 Å². The lowest BCUT2D eigenvalue weighted by Crippen LogP contribution is -2.15. The molecule has 0 atom stereocenters. The predicted molar refractivity (Wildman–Crippen MR) is 87.2 cm³/mol. The normalized spacial score (nSPS) is 12.6. The standard InChI is InChI=1S/C17H15BrO5/c1-20-17(19)11-2-4-13(5-3-11)23-10-12-8-15-16(9-14(12)18)22-7-6-21-15/h2-5,8-9H,6-7,10H2,1H3. The average Bonchev–Trinajstić information content (AvgIpc) is 2.59. The van der Waals surface area contributed by atoms with Crippen LogP contribution in [0.2, 0.25) is 0 Å². The third-order valence-electron chi connectivity index (χ3n) is 3.38. The van der Waals surface area contributed by atoms with Crippen molar-refractivity contribution in [3.63, 3.8) is 0 Å². The number of ether oxygens (including phenoxy) is 4. The van der Waals surface area contributed by atoms with Crippen LogP contribution in [0.25, 0.3) is 0 Å². The Morgan fingerprint density at radius 2 is 1.78 bits per heavy atom. The zero-order chi connectivity index (χ0) is 16.2. The van der Waals surface area contributed by atoms with Crippen LogP contribution < -0.4 is 14.2 Å². The van der Waals surface area contributed by atoms with Gasteiger partial charge >= 0.3 is 5.97 Å². The molecule has 120 valence electrons. The van der Waals surface area contributed by atoms with Gasteiger partial charge in [0.1, 0.15) is 25.6 Å². The maximum absolute atomic E-state index is 11.4. The van der Waals surface area contributed by atoms with E-state index >= 15 is 0 Å². The number of esters is 1. The van der Waals surface area contributed by atoms with Gasteiger partial charge in [0.25, 0.3) is 0 Å². The number of carbonyl (C=O) groups excluding carboxylic acids is 1. The summed E-state index contributed by atoms with van der Waals surface area (Å²) in [6.45, 7) is 1.47. The van der Waals surface area contributed by atoms with Crippen molar-refractivity contribution in [1.29, 1.82) is 0 Å². The Kier molecular flexibility index (Phi) is 4.71. The molecule has 0 radical (unpaired) electrons. The molecule has 0 saturated carbocycles. The summed E-state index contributed by atoms with van der Waals surface area (Å²) in [5.41, 5.74) is 1.44. The second-order valence-corrected chi connectivity index (χ2v) is 5.75. The van der Waals surface area contributed by atoms with Crippen molar-refractivity contribution in [2.75, 3.05) is 20.3 Å². The fourth-order valence-electron chi connectivity index (χ4n) is 2.18. The van der Waals surface area contributed by atoms with E-state index in [1.807, 2.05) is 12.1 Å². The van der Waals surface area contributed by atoms with Crippen molar-refractivity contribution >= 4 is 21.9 Å². The first-order valence-electron chi connectivity index (χ1n) is 7.06. The molecule has 3 rings (SSSR count). The van der Waals surface area contributed by atoms with Crippen LogP contribution in [0.5, 0.6) is 17.2 Å². The number of carbonyl (C=O) groups is 1. The minimum absolute atomic E-state index is 0.369. The van der Waals surface area contributed by atoms with Gasteiger partial charge in [-0.1, -0.05) is 15.9 Å². The quantitative estimate of drug-likeness (QED) is 0.761. The summed E-state index contributed by atoms with van der Waals surface area (Å²) < 4.78 is 22.4. The van der Waals surface area contributed by atoms with Gasteiger partial charge in [-0.3, -0.25) is 0 Å². The molecule has 0 unspecified atom stereocenters. The maximum atomic E-state index is 11.4. The molecule has 1 aliphatic heterocycles. The lowest BCUT2D eigenvalue weighted by Gasteiger charge is -2.20. The molecular formula is C17H15BrO5. The second kappa shape index (κ2) is 6.91. The highest BCUT2D eigenvalue weighted by Crippen LogP contribution is 2.35. The molecule has 0 fully saturated rings. The fraction of sp³-hybridized carbons (Fsp3) is 0.235. The smallest absolute Gasteiger partial charge is 0.337 e. The summed E-state index contributed by atoms with van der Waals surface area (Å²) in [6, 6.07) is 10.6. The molecule has 2 aromatic rings. The highest BCUT2D eigenvalue weighted by molar-refractivity contribution is 9.10. The Balaban J connectivity index is 1.69. The van der Waals surface area contributed by atoms with Crippen LogP contribution in [-0.2, 0) is 11.3 Å². The van der Waals surface area contributed by atoms with Crippen LogP contribution in [0.15, 0.2) is 40.9 Å². The average molecular weight is 379 g/mol. The molecule has 0 spiro atoms. The molecule has 6 heteroatoms. The van der Waals surface area contributed by atoms with E-state index in [4.69, 9.17) is 14.2 Å². The molecule has 0 N–H and O–H groups in total. The van der Waals surface area contributed by atoms with Crippen molar-refractivity contribution in [3.05, 3.63) is 52.0 Å². The van der Waals surface area contributed by atoms with Crippen molar-refractivity contribution in [1.82, 2.24) is 0 Å². The van der Waals surface area contributed by atoms with E-state index in [1.54, 1.807) is 24.3 Å². The van der Waals surface area contributed by atoms with Gasteiger partial charge in [0.15, 0.2) is 11.5 Å². The number of fused-ring (bicyclic) bond motifs is 1. The number of hydrogen-bond donors (Lipinski definition) is 0. The highest BCUT2D eigenvalue weighted by atomic mass is 79.9. The molecule has 0 bridgehead atoms. The van der Waals surface area contributed by atoms with Crippen LogP contribution in [0, 0.1) is 0 Å². The van der Waals surface area contributed by atoms with E-state index in [0.29, 0.717) is 31.1 Å². The lowest BCUT2D eigenvalue weighted by atomic mass is 10.2. The molecule has 2 aromatic carbocycles. The first-order valence-corrected chi connectivity index (χ1v) is 7.86. The van der Waals surface area contributed by atoms with Crippen LogP contribution in [0.1, 0.15) is 15.9 Å². The number of halogens is 1. The Hall–Kier alpha value is -2.21. The van der Waals surface area contributed by atoms with Gasteiger partial charge in [0, 0.05) is 10.0 Å². The van der Waals surface area contributed by atoms with Gasteiger partial charge in [0.05, 0.1) is 12.7 Å². The summed E-state index contributed by atoms with van der Waals surface area (Å²) in [5, 5.41) is 0. The number of methoxy groups -OCH3 is 1. The van der Waals surface area contributed by atoms with E-state index in [2.05, 4.69) is 20.7 Å². The largest absolute Gasteiger partial charge is 0.489 e. The van der Waals surface area contributed by atoms with Gasteiger partial charge in [-0.2, -0.15) is 0 Å². The van der Waals surface area contributed by atoms with Gasteiger partial charge in [-0.25, -0.2) is 4.79 Å². The zero-order valence-corrected chi connectivity index (χ0v) is 14.1. The number of hydrogen-bond acceptors (Lipinski definition) is 5. The topological polar surface area (TPSA) is 54.0 Å². The van der Waals surface area contributed by atoms with Gasteiger partial charge in [0.2, 0.25) is 0 Å². The van der Waals surface area contributed by atoms with E-state index in [-0.39, 0.29) is 5.97 Å². The number of benzene rings is 2. The molecule has 1 heterocycles. The van der Waals surface area contributed by atoms with Gasteiger partial charge < -0.3 is 18.9 Å². The maximum Gasteiger partial charge on any atom is 0.337 e. The highest BCUT2D eigenvalue weighted by Gasteiger charge is 2.15. The van der Waals surface area contributed by atoms with Gasteiger partial charge in [-0.05, 0) is 36.4 Å². The van der Waals surface area contributed by atoms with Crippen LogP contribution >= 0.6 is 15.9 Å². The van der Waals surface area contributed by atoms with Crippen molar-refractivity contribution in [2.45, 2.75) is 6.61 Å². The lowest BCUT2D eigenvalue weighted by molar-refractivity contribution is 0.0600. The van der Waals surface area contributed by atoms with E-state index in [9.17, 15) is 4.79 Å². The van der Waals surface area contributed by atoms with Crippen molar-refractivity contribution in [3.8, 4) is 17.2 Å². The molecular weight excluding hydrogens is 364 g/mol. The summed E-state index contributed by atoms with van der Waals surface area (Å²) in [6.07, 6.45) is 0. The van der Waals surface area contributed by atoms with E-state index in [0.717, 1.165) is 21.5 Å². The van der Waals surface area contributed by atoms with Crippen LogP contribution in [0.3, 0.4) is 0 Å². The van der Waals surface area contributed by atoms with E-state index in [1.165, 1.54) is 7.11 Å². The summed E-state index contributed by atoms with van der Waals surface area (Å²) in [5.74, 6) is 1.75.